The summed E-state index contributed by atoms with van der Waals surface area (Å²) in [5.74, 6) is -0.831. The van der Waals surface area contributed by atoms with Crippen LogP contribution in [0.1, 0.15) is 70.1 Å². The third kappa shape index (κ3) is 7.95. The lowest BCUT2D eigenvalue weighted by Gasteiger charge is -2.28. The molecular weight excluding hydrogens is 602 g/mol. The molecule has 238 valence electrons. The summed E-state index contributed by atoms with van der Waals surface area (Å²) in [6.07, 6.45) is 11.4. The molecule has 0 bridgehead atoms. The number of anilines is 1. The van der Waals surface area contributed by atoms with Crippen molar-refractivity contribution in [3.8, 4) is 0 Å². The summed E-state index contributed by atoms with van der Waals surface area (Å²) < 4.78 is 66.3. The number of benzene rings is 2. The zero-order valence-electron chi connectivity index (χ0n) is 25.7. The highest BCUT2D eigenvalue weighted by atomic mass is 32.2. The van der Waals surface area contributed by atoms with Gasteiger partial charge in [0.25, 0.3) is 20.2 Å². The third-order valence-electron chi connectivity index (χ3n) is 8.19. The first-order chi connectivity index (χ1) is 20.3. The van der Waals surface area contributed by atoms with Gasteiger partial charge in [-0.25, -0.2) is 0 Å². The minimum atomic E-state index is -4.39. The number of allylic oxidation sites excluding steroid dienone is 7. The van der Waals surface area contributed by atoms with E-state index in [0.29, 0.717) is 13.0 Å². The molecule has 2 aromatic carbocycles. The van der Waals surface area contributed by atoms with Crippen LogP contribution in [-0.2, 0) is 35.9 Å². The smallest absolute Gasteiger partial charge is 0.303 e. The first-order valence-corrected chi connectivity index (χ1v) is 17.1. The Morgan fingerprint density at radius 1 is 0.932 bits per heavy atom. The van der Waals surface area contributed by atoms with Crippen LogP contribution in [0.5, 0.6) is 0 Å². The third-order valence-corrected chi connectivity index (χ3v) is 9.89. The van der Waals surface area contributed by atoms with Gasteiger partial charge in [-0.15, -0.1) is 0 Å². The lowest BCUT2D eigenvalue weighted by atomic mass is 9.76. The molecule has 0 unspecified atom stereocenters. The Kier molecular flexibility index (Phi) is 10.5. The first kappa shape index (κ1) is 35.0. The summed E-state index contributed by atoms with van der Waals surface area (Å²) in [6, 6.07) is 9.05. The van der Waals surface area contributed by atoms with Gasteiger partial charge in [-0.2, -0.15) is 16.8 Å². The fourth-order valence-corrected chi connectivity index (χ4v) is 6.49. The zero-order valence-corrected chi connectivity index (χ0v) is 27.4. The van der Waals surface area contributed by atoms with Crippen molar-refractivity contribution in [2.24, 2.45) is 0 Å². The summed E-state index contributed by atoms with van der Waals surface area (Å²) in [5.41, 5.74) is 3.58. The van der Waals surface area contributed by atoms with Crippen molar-refractivity contribution < 1.29 is 35.8 Å². The molecule has 3 rings (SSSR count). The number of aryl methyl sites for hydroxylation is 1. The van der Waals surface area contributed by atoms with Gasteiger partial charge in [0.1, 0.15) is 0 Å². The van der Waals surface area contributed by atoms with E-state index >= 15 is 0 Å². The average Bonchev–Trinajstić information content (AvgIpc) is 3.12. The van der Waals surface area contributed by atoms with Crippen LogP contribution in [0.15, 0.2) is 94.4 Å². The second-order valence-corrected chi connectivity index (χ2v) is 14.9. The number of carboxylic acids is 1. The normalized spacial score (nSPS) is 16.2. The predicted molar refractivity (Wildman–Crippen MR) is 172 cm³/mol. The van der Waals surface area contributed by atoms with Crippen LogP contribution in [0.3, 0.4) is 0 Å². The molecule has 0 aromatic heterocycles. The van der Waals surface area contributed by atoms with E-state index in [1.807, 2.05) is 65.0 Å². The Hall–Kier alpha value is -3.51. The summed E-state index contributed by atoms with van der Waals surface area (Å²) in [5, 5.41) is 8.95. The molecule has 2 aromatic rings. The molecule has 0 saturated carbocycles. The van der Waals surface area contributed by atoms with Crippen molar-refractivity contribution in [1.29, 1.82) is 0 Å². The lowest BCUT2D eigenvalue weighted by Crippen LogP contribution is -2.27. The van der Waals surface area contributed by atoms with E-state index in [2.05, 4.69) is 11.5 Å². The van der Waals surface area contributed by atoms with Gasteiger partial charge in [-0.1, -0.05) is 71.1 Å². The van der Waals surface area contributed by atoms with Crippen molar-refractivity contribution in [3.63, 3.8) is 0 Å². The van der Waals surface area contributed by atoms with Gasteiger partial charge >= 0.3 is 5.97 Å². The van der Waals surface area contributed by atoms with Crippen molar-refractivity contribution in [1.82, 2.24) is 0 Å². The molecule has 0 atom stereocenters. The average molecular weight is 644 g/mol. The molecule has 44 heavy (non-hydrogen) atoms. The predicted octanol–water partition coefficient (Wildman–Crippen LogP) is 6.76. The van der Waals surface area contributed by atoms with Gasteiger partial charge in [0.15, 0.2) is 0 Å². The van der Waals surface area contributed by atoms with E-state index in [1.165, 1.54) is 24.3 Å². The molecular formula is C33H41NO8S2. The second kappa shape index (κ2) is 13.2. The van der Waals surface area contributed by atoms with Crippen molar-refractivity contribution >= 4 is 31.9 Å². The number of nitrogens with zero attached hydrogens (tertiary/aromatic N) is 1. The van der Waals surface area contributed by atoms with E-state index in [4.69, 9.17) is 5.11 Å². The summed E-state index contributed by atoms with van der Waals surface area (Å²) in [6.45, 7) is 14.5. The number of aliphatic carboxylic acids is 1. The molecule has 0 aliphatic carbocycles. The first-order valence-electron chi connectivity index (χ1n) is 14.2. The van der Waals surface area contributed by atoms with Crippen molar-refractivity contribution in [2.45, 2.75) is 80.9 Å². The molecule has 11 heteroatoms. The highest BCUT2D eigenvalue weighted by Gasteiger charge is 2.40. The fourth-order valence-electron chi connectivity index (χ4n) is 5.48. The Morgan fingerprint density at radius 2 is 1.55 bits per heavy atom. The number of rotatable bonds is 13. The van der Waals surface area contributed by atoms with E-state index in [-0.39, 0.29) is 16.2 Å². The fraction of sp³-hybridized carbons (Fsp3) is 0.364. The lowest BCUT2D eigenvalue weighted by molar-refractivity contribution is -0.137. The van der Waals surface area contributed by atoms with Crippen LogP contribution < -0.4 is 4.90 Å². The van der Waals surface area contributed by atoms with Crippen LogP contribution in [0, 0.1) is 6.92 Å². The summed E-state index contributed by atoms with van der Waals surface area (Å²) in [4.78, 5) is 12.6. The number of carbonyl (C=O) groups is 1. The minimum absolute atomic E-state index is 0.102. The van der Waals surface area contributed by atoms with E-state index in [1.54, 1.807) is 12.1 Å². The van der Waals surface area contributed by atoms with Gasteiger partial charge < -0.3 is 10.0 Å². The monoisotopic (exact) mass is 643 g/mol. The standard InChI is InChI=1S/C33H41NO8S2/c1-23-16-17-25(43(37,38)39)21-27(23)32(3,4)24(2)13-9-7-10-14-30-33(5,6)28-22-26(44(40,41)42)18-19-29(28)34(30)20-12-8-11-15-31(35)36/h7,9-10,13-14,16-19,21-22H,2,8,11-12,15,20H2,1,3-6H3,(H,35,36)(H,37,38,39)(H,40,41,42)/b10-7+,13-9+,30-14+. The maximum Gasteiger partial charge on any atom is 0.303 e. The van der Waals surface area contributed by atoms with E-state index in [0.717, 1.165) is 46.5 Å². The molecule has 0 amide bonds. The summed E-state index contributed by atoms with van der Waals surface area (Å²) >= 11 is 0. The Labute approximate surface area is 260 Å². The molecule has 0 radical (unpaired) electrons. The van der Waals surface area contributed by atoms with Crippen LogP contribution in [-0.4, -0.2) is 43.6 Å². The van der Waals surface area contributed by atoms with Gasteiger partial charge in [-0.3, -0.25) is 13.9 Å². The van der Waals surface area contributed by atoms with Crippen LogP contribution >= 0.6 is 0 Å². The Morgan fingerprint density at radius 3 is 2.16 bits per heavy atom. The number of fused-ring (bicyclic) bond motifs is 1. The van der Waals surface area contributed by atoms with Gasteiger partial charge in [0.2, 0.25) is 0 Å². The Balaban J connectivity index is 1.88. The minimum Gasteiger partial charge on any atom is -0.481 e. The second-order valence-electron chi connectivity index (χ2n) is 12.0. The quantitative estimate of drug-likeness (QED) is 0.122. The van der Waals surface area contributed by atoms with Crippen LogP contribution in [0.4, 0.5) is 5.69 Å². The summed E-state index contributed by atoms with van der Waals surface area (Å²) in [7, 11) is -8.74. The Bertz CT molecular complexity index is 1750. The molecule has 0 saturated heterocycles. The number of carboxylic acid groups (broad SMARTS) is 1. The van der Waals surface area contributed by atoms with Crippen LogP contribution in [0.25, 0.3) is 0 Å². The molecule has 1 aliphatic rings. The zero-order chi connectivity index (χ0) is 33.1. The topological polar surface area (TPSA) is 149 Å². The van der Waals surface area contributed by atoms with E-state index in [9.17, 15) is 30.7 Å². The molecule has 9 nitrogen and oxygen atoms in total. The molecule has 1 heterocycles. The molecule has 0 spiro atoms. The molecule has 3 N–H and O–H groups in total. The van der Waals surface area contributed by atoms with Crippen molar-refractivity contribution in [3.05, 3.63) is 101 Å². The molecule has 0 fully saturated rings. The maximum atomic E-state index is 11.9. The maximum absolute atomic E-state index is 11.9. The van der Waals surface area contributed by atoms with Gasteiger partial charge in [0, 0.05) is 35.2 Å². The number of hydrogen-bond acceptors (Lipinski definition) is 6. The van der Waals surface area contributed by atoms with Crippen LogP contribution in [0.2, 0.25) is 0 Å². The van der Waals surface area contributed by atoms with Crippen molar-refractivity contribution in [2.75, 3.05) is 11.4 Å². The van der Waals surface area contributed by atoms with E-state index < -0.39 is 37.0 Å². The highest BCUT2D eigenvalue weighted by Crippen LogP contribution is 2.48. The van der Waals surface area contributed by atoms with Gasteiger partial charge in [-0.05, 0) is 78.4 Å². The largest absolute Gasteiger partial charge is 0.481 e. The SMILES string of the molecule is C=C(/C=C/C=C/C=C1/N(CCCCCC(=O)O)c2ccc(S(=O)(=O)O)cc2C1(C)C)C(C)(C)c1cc(S(=O)(=O)O)ccc1C. The molecule has 1 aliphatic heterocycles. The highest BCUT2D eigenvalue weighted by molar-refractivity contribution is 7.86. The number of unbranched alkanes of at least 4 members (excludes halogenated alkanes) is 2. The number of hydrogen-bond donors (Lipinski definition) is 3. The van der Waals surface area contributed by atoms with Gasteiger partial charge in [0.05, 0.1) is 9.79 Å².